The molecule has 0 saturated carbocycles. The summed E-state index contributed by atoms with van der Waals surface area (Å²) in [5, 5.41) is 0. The molecule has 0 aromatic heterocycles. The minimum Gasteiger partial charge on any atom is -0.467 e. The first-order valence-corrected chi connectivity index (χ1v) is 6.37. The standard InChI is InChI=1S/C14H26O5/c1-13(5-7-17-11-9-15-3)19-14(2)6-8-18-12-10-16-4/h1-2,5-12H2,3-4H3. The van der Waals surface area contributed by atoms with Gasteiger partial charge in [0, 0.05) is 27.1 Å². The lowest BCUT2D eigenvalue weighted by Gasteiger charge is -2.11. The maximum atomic E-state index is 5.45. The quantitative estimate of drug-likeness (QED) is 0.359. The van der Waals surface area contributed by atoms with Gasteiger partial charge in [0.1, 0.15) is 0 Å². The van der Waals surface area contributed by atoms with Crippen LogP contribution in [0.4, 0.5) is 0 Å². The summed E-state index contributed by atoms with van der Waals surface area (Å²) in [4.78, 5) is 0. The van der Waals surface area contributed by atoms with E-state index < -0.39 is 0 Å². The molecule has 0 amide bonds. The summed E-state index contributed by atoms with van der Waals surface area (Å²) in [6.45, 7) is 11.1. The smallest absolute Gasteiger partial charge is 0.0987 e. The van der Waals surface area contributed by atoms with Gasteiger partial charge >= 0.3 is 0 Å². The van der Waals surface area contributed by atoms with Crippen LogP contribution in [0.15, 0.2) is 24.7 Å². The molecule has 0 spiro atoms. The molecular weight excluding hydrogens is 248 g/mol. The van der Waals surface area contributed by atoms with E-state index in [-0.39, 0.29) is 0 Å². The first-order chi connectivity index (χ1) is 9.20. The van der Waals surface area contributed by atoms with Crippen molar-refractivity contribution in [2.45, 2.75) is 12.8 Å². The zero-order chi connectivity index (χ0) is 14.3. The fourth-order valence-electron chi connectivity index (χ4n) is 1.17. The second-order valence-electron chi connectivity index (χ2n) is 3.89. The Morgan fingerprint density at radius 3 is 1.47 bits per heavy atom. The summed E-state index contributed by atoms with van der Waals surface area (Å²) < 4.78 is 25.8. The van der Waals surface area contributed by atoms with E-state index in [1.165, 1.54) is 0 Å². The van der Waals surface area contributed by atoms with Crippen LogP contribution < -0.4 is 0 Å². The number of methoxy groups -OCH3 is 2. The molecule has 0 aromatic rings. The molecule has 0 bridgehead atoms. The van der Waals surface area contributed by atoms with E-state index in [4.69, 9.17) is 23.7 Å². The average Bonchev–Trinajstić information content (AvgIpc) is 2.38. The van der Waals surface area contributed by atoms with Crippen LogP contribution in [0.2, 0.25) is 0 Å². The molecule has 5 heteroatoms. The summed E-state index contributed by atoms with van der Waals surface area (Å²) in [6.07, 6.45) is 1.29. The van der Waals surface area contributed by atoms with E-state index in [1.807, 2.05) is 0 Å². The van der Waals surface area contributed by atoms with Crippen LogP contribution in [0.25, 0.3) is 0 Å². The minimum absolute atomic E-state index is 0.569. The van der Waals surface area contributed by atoms with Gasteiger partial charge in [-0.05, 0) is 0 Å². The summed E-state index contributed by atoms with van der Waals surface area (Å²) in [7, 11) is 3.29. The van der Waals surface area contributed by atoms with Gasteiger partial charge in [-0.2, -0.15) is 0 Å². The molecule has 19 heavy (non-hydrogen) atoms. The lowest BCUT2D eigenvalue weighted by Crippen LogP contribution is -2.06. The summed E-state index contributed by atoms with van der Waals surface area (Å²) in [5.74, 6) is 1.30. The molecule has 0 fully saturated rings. The topological polar surface area (TPSA) is 46.2 Å². The second kappa shape index (κ2) is 13.5. The Kier molecular flexibility index (Phi) is 12.9. The van der Waals surface area contributed by atoms with Gasteiger partial charge in [-0.3, -0.25) is 0 Å². The summed E-state index contributed by atoms with van der Waals surface area (Å²) in [6, 6.07) is 0. The van der Waals surface area contributed by atoms with Crippen LogP contribution in [-0.2, 0) is 23.7 Å². The largest absolute Gasteiger partial charge is 0.467 e. The zero-order valence-electron chi connectivity index (χ0n) is 12.1. The van der Waals surface area contributed by atoms with Gasteiger partial charge in [0.25, 0.3) is 0 Å². The lowest BCUT2D eigenvalue weighted by atomic mass is 10.3. The molecule has 0 saturated heterocycles. The van der Waals surface area contributed by atoms with E-state index in [1.54, 1.807) is 14.2 Å². The van der Waals surface area contributed by atoms with Gasteiger partial charge in [-0.1, -0.05) is 13.2 Å². The third-order valence-corrected chi connectivity index (χ3v) is 2.20. The van der Waals surface area contributed by atoms with Crippen LogP contribution in [0.3, 0.4) is 0 Å². The van der Waals surface area contributed by atoms with Crippen LogP contribution in [-0.4, -0.2) is 53.9 Å². The van der Waals surface area contributed by atoms with E-state index in [9.17, 15) is 0 Å². The van der Waals surface area contributed by atoms with E-state index in [2.05, 4.69) is 13.2 Å². The molecule has 0 unspecified atom stereocenters. The van der Waals surface area contributed by atoms with Gasteiger partial charge in [-0.15, -0.1) is 0 Å². The first-order valence-electron chi connectivity index (χ1n) is 6.37. The number of ether oxygens (including phenoxy) is 5. The van der Waals surface area contributed by atoms with E-state index >= 15 is 0 Å². The number of hydrogen-bond donors (Lipinski definition) is 0. The predicted octanol–water partition coefficient (Wildman–Crippen LogP) is 2.14. The molecular formula is C14H26O5. The van der Waals surface area contributed by atoms with Gasteiger partial charge in [0.2, 0.25) is 0 Å². The van der Waals surface area contributed by atoms with Gasteiger partial charge in [-0.25, -0.2) is 0 Å². The number of hydrogen-bond acceptors (Lipinski definition) is 5. The minimum atomic E-state index is 0.569. The zero-order valence-corrected chi connectivity index (χ0v) is 12.1. The molecule has 0 aliphatic rings. The van der Waals surface area contributed by atoms with Crippen molar-refractivity contribution in [3.63, 3.8) is 0 Å². The van der Waals surface area contributed by atoms with Crippen molar-refractivity contribution >= 4 is 0 Å². The molecule has 0 N–H and O–H groups in total. The van der Waals surface area contributed by atoms with Crippen molar-refractivity contribution in [3.05, 3.63) is 24.7 Å². The Hall–Kier alpha value is -0.880. The Bertz CT molecular complexity index is 216. The highest BCUT2D eigenvalue weighted by Crippen LogP contribution is 2.10. The molecule has 112 valence electrons. The summed E-state index contributed by atoms with van der Waals surface area (Å²) >= 11 is 0. The Labute approximate surface area is 116 Å². The van der Waals surface area contributed by atoms with Gasteiger partial charge < -0.3 is 23.7 Å². The Morgan fingerprint density at radius 2 is 1.11 bits per heavy atom. The third kappa shape index (κ3) is 13.4. The molecule has 0 aromatic carbocycles. The van der Waals surface area contributed by atoms with Gasteiger partial charge in [0.05, 0.1) is 51.2 Å². The fraction of sp³-hybridized carbons (Fsp3) is 0.714. The molecule has 0 rings (SSSR count). The normalized spacial score (nSPS) is 10.4. The van der Waals surface area contributed by atoms with Crippen molar-refractivity contribution in [1.82, 2.24) is 0 Å². The van der Waals surface area contributed by atoms with Crippen molar-refractivity contribution < 1.29 is 23.7 Å². The second-order valence-corrected chi connectivity index (χ2v) is 3.89. The highest BCUT2D eigenvalue weighted by molar-refractivity contribution is 4.93. The molecule has 0 radical (unpaired) electrons. The Morgan fingerprint density at radius 1 is 0.684 bits per heavy atom. The molecule has 0 aliphatic carbocycles. The van der Waals surface area contributed by atoms with Crippen molar-refractivity contribution in [1.29, 1.82) is 0 Å². The Balaban J connectivity index is 3.40. The number of rotatable bonds is 14. The molecule has 0 heterocycles. The lowest BCUT2D eigenvalue weighted by molar-refractivity contribution is 0.0626. The molecule has 5 nitrogen and oxygen atoms in total. The van der Waals surface area contributed by atoms with Crippen molar-refractivity contribution in [2.75, 3.05) is 53.9 Å². The van der Waals surface area contributed by atoms with Crippen molar-refractivity contribution in [2.24, 2.45) is 0 Å². The average molecular weight is 274 g/mol. The highest BCUT2D eigenvalue weighted by Gasteiger charge is 2.00. The molecule has 0 aliphatic heterocycles. The predicted molar refractivity (Wildman–Crippen MR) is 74.0 cm³/mol. The van der Waals surface area contributed by atoms with Crippen LogP contribution in [0.5, 0.6) is 0 Å². The van der Waals surface area contributed by atoms with Gasteiger partial charge in [0.15, 0.2) is 0 Å². The molecule has 0 atom stereocenters. The van der Waals surface area contributed by atoms with Crippen LogP contribution in [0.1, 0.15) is 12.8 Å². The highest BCUT2D eigenvalue weighted by atomic mass is 16.5. The third-order valence-electron chi connectivity index (χ3n) is 2.20. The maximum absolute atomic E-state index is 5.45. The SMILES string of the molecule is C=C(CCOCCOC)OC(=C)CCOCCOC. The summed E-state index contributed by atoms with van der Waals surface area (Å²) in [5.41, 5.74) is 0. The van der Waals surface area contributed by atoms with Crippen molar-refractivity contribution in [3.8, 4) is 0 Å². The monoisotopic (exact) mass is 274 g/mol. The van der Waals surface area contributed by atoms with E-state index in [0.717, 1.165) is 0 Å². The van der Waals surface area contributed by atoms with E-state index in [0.29, 0.717) is 64.0 Å². The van der Waals surface area contributed by atoms with Crippen LogP contribution in [0, 0.1) is 0 Å². The first kappa shape index (κ1) is 18.1. The van der Waals surface area contributed by atoms with Crippen LogP contribution >= 0.6 is 0 Å². The maximum Gasteiger partial charge on any atom is 0.0987 e. The fourth-order valence-corrected chi connectivity index (χ4v) is 1.17.